The summed E-state index contributed by atoms with van der Waals surface area (Å²) in [5, 5.41) is 5.72. The van der Waals surface area contributed by atoms with Gasteiger partial charge in [-0.2, -0.15) is 0 Å². The minimum atomic E-state index is -0.632. The van der Waals surface area contributed by atoms with Crippen LogP contribution in [0.1, 0.15) is 30.1 Å². The fraction of sp³-hybridized carbons (Fsp3) is 0.381. The van der Waals surface area contributed by atoms with Gasteiger partial charge in [-0.1, -0.05) is 30.3 Å². The Kier molecular flexibility index (Phi) is 7.24. The van der Waals surface area contributed by atoms with Crippen LogP contribution in [0.15, 0.2) is 53.4 Å². The molecule has 1 saturated heterocycles. The van der Waals surface area contributed by atoms with E-state index in [0.29, 0.717) is 12.5 Å². The molecule has 0 aromatic heterocycles. The number of carbonyl (C=O) groups is 1. The molecule has 0 radical (unpaired) electrons. The summed E-state index contributed by atoms with van der Waals surface area (Å²) in [4.78, 5) is 13.0. The Morgan fingerprint density at radius 1 is 1.22 bits per heavy atom. The molecule has 3 nitrogen and oxygen atoms in total. The Labute approximate surface area is 162 Å². The molecule has 2 N–H and O–H groups in total. The van der Waals surface area contributed by atoms with Gasteiger partial charge in [0.2, 0.25) is 5.91 Å². The van der Waals surface area contributed by atoms with E-state index in [4.69, 9.17) is 0 Å². The van der Waals surface area contributed by atoms with Crippen LogP contribution in [-0.4, -0.2) is 25.5 Å². The molecule has 1 amide bonds. The molecule has 144 valence electrons. The second-order valence-corrected chi connectivity index (χ2v) is 7.92. The lowest BCUT2D eigenvalue weighted by molar-refractivity contribution is -0.120. The summed E-state index contributed by atoms with van der Waals surface area (Å²) >= 11 is 1.04. The number of benzene rings is 2. The minimum absolute atomic E-state index is 0.135. The zero-order valence-electron chi connectivity index (χ0n) is 15.1. The van der Waals surface area contributed by atoms with Crippen molar-refractivity contribution in [2.45, 2.75) is 29.4 Å². The van der Waals surface area contributed by atoms with Gasteiger partial charge in [-0.15, -0.1) is 11.8 Å². The molecule has 27 heavy (non-hydrogen) atoms. The highest BCUT2D eigenvalue weighted by atomic mass is 32.2. The summed E-state index contributed by atoms with van der Waals surface area (Å²) in [5.41, 5.74) is 0.767. The number of thioether (sulfide) groups is 1. The average Bonchev–Trinajstić information content (AvgIpc) is 2.70. The summed E-state index contributed by atoms with van der Waals surface area (Å²) in [6.45, 7) is 2.64. The van der Waals surface area contributed by atoms with Crippen LogP contribution in [0, 0.1) is 17.6 Å². The molecule has 2 atom stereocenters. The smallest absolute Gasteiger partial charge is 0.237 e. The van der Waals surface area contributed by atoms with Gasteiger partial charge in [0.05, 0.1) is 0 Å². The third-order valence-electron chi connectivity index (χ3n) is 4.73. The van der Waals surface area contributed by atoms with Crippen molar-refractivity contribution in [3.05, 3.63) is 65.7 Å². The van der Waals surface area contributed by atoms with Crippen molar-refractivity contribution >= 4 is 17.7 Å². The van der Waals surface area contributed by atoms with Gasteiger partial charge >= 0.3 is 0 Å². The van der Waals surface area contributed by atoms with E-state index in [2.05, 4.69) is 10.6 Å². The lowest BCUT2D eigenvalue weighted by Gasteiger charge is -2.23. The summed E-state index contributed by atoms with van der Waals surface area (Å²) < 4.78 is 27.6. The third kappa shape index (κ3) is 5.78. The Balaban J connectivity index is 1.67. The van der Waals surface area contributed by atoms with Crippen molar-refractivity contribution in [3.63, 3.8) is 0 Å². The number of piperidine rings is 1. The summed E-state index contributed by atoms with van der Waals surface area (Å²) in [5.74, 6) is -0.652. The quantitative estimate of drug-likeness (QED) is 0.693. The zero-order valence-corrected chi connectivity index (χ0v) is 15.9. The molecular formula is C21H24F2N2OS. The minimum Gasteiger partial charge on any atom is -0.355 e. The fourth-order valence-corrected chi connectivity index (χ4v) is 4.36. The lowest BCUT2D eigenvalue weighted by Crippen LogP contribution is -2.34. The first-order valence-corrected chi connectivity index (χ1v) is 10.2. The summed E-state index contributed by atoms with van der Waals surface area (Å²) in [6, 6.07) is 12.5. The Bertz CT molecular complexity index is 751. The molecule has 0 saturated carbocycles. The number of hydrogen-bond acceptors (Lipinski definition) is 3. The maximum atomic E-state index is 14.1. The Hall–Kier alpha value is -1.92. The van der Waals surface area contributed by atoms with Crippen LogP contribution in [0.5, 0.6) is 0 Å². The first-order valence-electron chi connectivity index (χ1n) is 9.28. The van der Waals surface area contributed by atoms with E-state index >= 15 is 0 Å². The number of hydrogen-bond donors (Lipinski definition) is 2. The van der Waals surface area contributed by atoms with Gasteiger partial charge in [0.1, 0.15) is 16.9 Å². The molecule has 1 aliphatic heterocycles. The zero-order chi connectivity index (χ0) is 19.1. The van der Waals surface area contributed by atoms with E-state index in [1.165, 1.54) is 12.8 Å². The highest BCUT2D eigenvalue weighted by Crippen LogP contribution is 2.37. The molecule has 1 aliphatic rings. The normalized spacial score (nSPS) is 18.1. The topological polar surface area (TPSA) is 41.1 Å². The summed E-state index contributed by atoms with van der Waals surface area (Å²) in [7, 11) is 0. The average molecular weight is 390 g/mol. The van der Waals surface area contributed by atoms with E-state index < -0.39 is 16.9 Å². The molecule has 0 aliphatic carbocycles. The largest absolute Gasteiger partial charge is 0.355 e. The van der Waals surface area contributed by atoms with Crippen LogP contribution in [-0.2, 0) is 4.79 Å². The van der Waals surface area contributed by atoms with Crippen molar-refractivity contribution in [2.24, 2.45) is 5.92 Å². The van der Waals surface area contributed by atoms with Crippen LogP contribution < -0.4 is 10.6 Å². The van der Waals surface area contributed by atoms with E-state index in [1.807, 2.05) is 30.3 Å². The molecule has 2 aromatic carbocycles. The van der Waals surface area contributed by atoms with Gasteiger partial charge in [-0.25, -0.2) is 8.78 Å². The molecule has 1 heterocycles. The SMILES string of the molecule is O=C(NCCC1CCCNC1)C(Sc1cc(F)ccc1F)c1ccccc1. The molecular weight excluding hydrogens is 366 g/mol. The van der Waals surface area contributed by atoms with E-state index in [9.17, 15) is 13.6 Å². The predicted molar refractivity (Wildman–Crippen MR) is 105 cm³/mol. The number of halogens is 2. The predicted octanol–water partition coefficient (Wildman–Crippen LogP) is 4.30. The highest BCUT2D eigenvalue weighted by Gasteiger charge is 2.24. The molecule has 2 aromatic rings. The Morgan fingerprint density at radius 2 is 2.04 bits per heavy atom. The number of amides is 1. The van der Waals surface area contributed by atoms with Crippen molar-refractivity contribution in [1.29, 1.82) is 0 Å². The molecule has 3 rings (SSSR count). The second kappa shape index (κ2) is 9.85. The van der Waals surface area contributed by atoms with Gasteiger partial charge in [-0.3, -0.25) is 4.79 Å². The molecule has 0 bridgehead atoms. The first kappa shape index (κ1) is 19.8. The van der Waals surface area contributed by atoms with Crippen molar-refractivity contribution < 1.29 is 13.6 Å². The van der Waals surface area contributed by atoms with Gasteiger partial charge in [0.25, 0.3) is 0 Å². The van der Waals surface area contributed by atoms with Crippen LogP contribution in [0.3, 0.4) is 0 Å². The van der Waals surface area contributed by atoms with Crippen molar-refractivity contribution in [3.8, 4) is 0 Å². The van der Waals surface area contributed by atoms with Crippen molar-refractivity contribution in [2.75, 3.05) is 19.6 Å². The maximum absolute atomic E-state index is 14.1. The van der Waals surface area contributed by atoms with Crippen LogP contribution in [0.4, 0.5) is 8.78 Å². The number of carbonyl (C=O) groups excluding carboxylic acids is 1. The molecule has 0 spiro atoms. The Morgan fingerprint density at radius 3 is 2.78 bits per heavy atom. The maximum Gasteiger partial charge on any atom is 0.237 e. The fourth-order valence-electron chi connectivity index (χ4n) is 3.26. The van der Waals surface area contributed by atoms with Crippen LogP contribution >= 0.6 is 11.8 Å². The number of nitrogens with one attached hydrogen (secondary N) is 2. The highest BCUT2D eigenvalue weighted by molar-refractivity contribution is 8.00. The van der Waals surface area contributed by atoms with E-state index in [-0.39, 0.29) is 10.8 Å². The lowest BCUT2D eigenvalue weighted by atomic mass is 9.96. The standard InChI is InChI=1S/C21H24F2N2OS/c22-17-8-9-18(23)19(13-17)27-20(16-6-2-1-3-7-16)21(26)25-12-10-15-5-4-11-24-14-15/h1-3,6-9,13,15,20,24H,4-5,10-12,14H2,(H,25,26). The van der Waals surface area contributed by atoms with E-state index in [0.717, 1.165) is 55.0 Å². The van der Waals surface area contributed by atoms with Gasteiger partial charge in [0, 0.05) is 11.4 Å². The number of rotatable bonds is 7. The van der Waals surface area contributed by atoms with Crippen LogP contribution in [0.2, 0.25) is 0 Å². The van der Waals surface area contributed by atoms with Gasteiger partial charge < -0.3 is 10.6 Å². The molecule has 2 unspecified atom stereocenters. The third-order valence-corrected chi connectivity index (χ3v) is 6.02. The summed E-state index contributed by atoms with van der Waals surface area (Å²) in [6.07, 6.45) is 3.26. The van der Waals surface area contributed by atoms with Gasteiger partial charge in [0.15, 0.2) is 0 Å². The van der Waals surface area contributed by atoms with Gasteiger partial charge in [-0.05, 0) is 62.0 Å². The second-order valence-electron chi connectivity index (χ2n) is 6.78. The molecule has 6 heteroatoms. The monoisotopic (exact) mass is 390 g/mol. The van der Waals surface area contributed by atoms with Crippen molar-refractivity contribution in [1.82, 2.24) is 10.6 Å². The molecule has 1 fully saturated rings. The van der Waals surface area contributed by atoms with E-state index in [1.54, 1.807) is 0 Å². The first-order chi connectivity index (χ1) is 13.1. The van der Waals surface area contributed by atoms with Crippen LogP contribution in [0.25, 0.3) is 0 Å².